The van der Waals surface area contributed by atoms with E-state index in [9.17, 15) is 13.5 Å². The Labute approximate surface area is 56.5 Å². The van der Waals surface area contributed by atoms with Crippen LogP contribution >= 0.6 is 16.5 Å². The van der Waals surface area contributed by atoms with Crippen LogP contribution in [0.15, 0.2) is 0 Å². The second kappa shape index (κ2) is 4.96. The number of alkyl halides is 1. The van der Waals surface area contributed by atoms with Gasteiger partial charge in [0.25, 0.3) is 0 Å². The minimum Gasteiger partial charge on any atom is -0.326 e. The molecule has 0 aromatic rings. The van der Waals surface area contributed by atoms with Gasteiger partial charge in [-0.2, -0.15) is 4.39 Å². The Kier molecular flexibility index (Phi) is 5.07. The van der Waals surface area contributed by atoms with E-state index in [2.05, 4.69) is 9.05 Å². The predicted octanol–water partition coefficient (Wildman–Crippen LogP) is 0.0367. The van der Waals surface area contributed by atoms with Gasteiger partial charge in [-0.1, -0.05) is 0 Å². The first-order chi connectivity index (χ1) is 4.52. The van der Waals surface area contributed by atoms with E-state index in [1.807, 2.05) is 0 Å². The molecule has 0 aliphatic carbocycles. The van der Waals surface area contributed by atoms with Gasteiger partial charge in [0.1, 0.15) is 0 Å². The Morgan fingerprint density at radius 2 is 1.50 bits per heavy atom. The van der Waals surface area contributed by atoms with Gasteiger partial charge in [0, 0.05) is 0 Å². The maximum atomic E-state index is 11.8. The molecule has 0 amide bonds. The summed E-state index contributed by atoms with van der Waals surface area (Å²) < 4.78 is 38.0. The summed E-state index contributed by atoms with van der Waals surface area (Å²) in [5.74, 6) is 0. The van der Waals surface area contributed by atoms with Crippen molar-refractivity contribution in [3.63, 3.8) is 0 Å². The second-order valence-corrected chi connectivity index (χ2v) is 2.58. The predicted molar refractivity (Wildman–Crippen MR) is 29.5 cm³/mol. The third-order valence-corrected chi connectivity index (χ3v) is 1.16. The van der Waals surface area contributed by atoms with Crippen molar-refractivity contribution in [1.29, 1.82) is 0 Å². The third-order valence-electron chi connectivity index (χ3n) is 0.387. The van der Waals surface area contributed by atoms with Gasteiger partial charge < -0.3 is 9.79 Å². The molecule has 0 saturated heterocycles. The van der Waals surface area contributed by atoms with E-state index in [-0.39, 0.29) is 0 Å². The molecule has 0 heterocycles. The summed E-state index contributed by atoms with van der Waals surface area (Å²) in [6.07, 6.45) is 0. The Hall–Kier alpha value is 0.230. The van der Waals surface area contributed by atoms with E-state index >= 15 is 0 Å². The van der Waals surface area contributed by atoms with Crippen molar-refractivity contribution in [3.05, 3.63) is 0 Å². The Balaban J connectivity index is 3.53. The van der Waals surface area contributed by atoms with Gasteiger partial charge >= 0.3 is 23.1 Å². The molecule has 0 radical (unpaired) electrons. The lowest BCUT2D eigenvalue weighted by Crippen LogP contribution is -2.00. The number of halogens is 1. The smallest absolute Gasteiger partial charge is 0.322 e. The number of hydrogen-bond donors (Lipinski definition) is 2. The molecule has 0 aliphatic heterocycles. The Morgan fingerprint density at radius 3 is 1.70 bits per heavy atom. The molecule has 62 valence electrons. The van der Waals surface area contributed by atoms with Crippen molar-refractivity contribution in [2.45, 2.75) is 6.54 Å². The monoisotopic (exact) mass is 194 g/mol. The van der Waals surface area contributed by atoms with Crippen LogP contribution in [0.4, 0.5) is 4.39 Å². The maximum Gasteiger partial charge on any atom is 0.322 e. The molecule has 6 nitrogen and oxygen atoms in total. The van der Waals surface area contributed by atoms with Crippen molar-refractivity contribution in [2.75, 3.05) is 0 Å². The van der Waals surface area contributed by atoms with E-state index in [1.165, 1.54) is 0 Å². The van der Waals surface area contributed by atoms with Gasteiger partial charge in [-0.15, -0.1) is 0 Å². The largest absolute Gasteiger partial charge is 0.326 e. The molecule has 0 aromatic carbocycles. The molecule has 2 N–H and O–H groups in total. The van der Waals surface area contributed by atoms with Crippen LogP contribution in [0.3, 0.4) is 0 Å². The van der Waals surface area contributed by atoms with Crippen LogP contribution in [0.1, 0.15) is 0 Å². The first-order valence-electron chi connectivity index (χ1n) is 1.95. The van der Waals surface area contributed by atoms with Gasteiger partial charge in [-0.3, -0.25) is 18.2 Å². The third kappa shape index (κ3) is 6.35. The minimum absolute atomic E-state index is 2.62. The molecule has 0 fully saturated rings. The van der Waals surface area contributed by atoms with Crippen LogP contribution < -0.4 is 0 Å². The molecular weight excluding hydrogens is 189 g/mol. The zero-order chi connectivity index (χ0) is 8.15. The fraction of sp³-hybridized carbons (Fsp3) is 1.00. The van der Waals surface area contributed by atoms with Crippen molar-refractivity contribution in [2.24, 2.45) is 0 Å². The standard InChI is InChI=1S/CH5FO6P2/c2-1(7-9(3)4)8-10(5)6/h1,9-10H,(H,3,4)(H,5,6). The first-order valence-corrected chi connectivity index (χ1v) is 4.48. The minimum atomic E-state index is -3.46. The van der Waals surface area contributed by atoms with Gasteiger partial charge in [-0.05, 0) is 0 Å². The zero-order valence-corrected chi connectivity index (χ0v) is 6.48. The highest BCUT2D eigenvalue weighted by Crippen LogP contribution is 2.26. The molecule has 0 spiro atoms. The molecule has 10 heavy (non-hydrogen) atoms. The fourth-order valence-corrected chi connectivity index (χ4v) is 0.692. The highest BCUT2D eigenvalue weighted by Gasteiger charge is 2.11. The highest BCUT2D eigenvalue weighted by molar-refractivity contribution is 7.32. The van der Waals surface area contributed by atoms with Gasteiger partial charge in [0.15, 0.2) is 0 Å². The molecule has 0 aliphatic rings. The maximum absolute atomic E-state index is 11.8. The average molecular weight is 194 g/mol. The lowest BCUT2D eigenvalue weighted by atomic mass is 11.4. The molecular formula is CH5FO6P2. The van der Waals surface area contributed by atoms with E-state index in [4.69, 9.17) is 9.79 Å². The molecule has 2 unspecified atom stereocenters. The SMILES string of the molecule is O=[PH](O)OC(F)O[PH](=O)O. The summed E-state index contributed by atoms with van der Waals surface area (Å²) >= 11 is 0. The molecule has 0 bridgehead atoms. The number of rotatable bonds is 4. The van der Waals surface area contributed by atoms with Crippen LogP contribution in [0.2, 0.25) is 0 Å². The summed E-state index contributed by atoms with van der Waals surface area (Å²) in [5.41, 5.74) is 0. The summed E-state index contributed by atoms with van der Waals surface area (Å²) in [7, 11) is -6.93. The summed E-state index contributed by atoms with van der Waals surface area (Å²) in [6, 6.07) is 0. The van der Waals surface area contributed by atoms with Crippen molar-refractivity contribution >= 4 is 16.5 Å². The van der Waals surface area contributed by atoms with Crippen molar-refractivity contribution in [3.8, 4) is 0 Å². The van der Waals surface area contributed by atoms with E-state index in [1.54, 1.807) is 0 Å². The number of hydrogen-bond acceptors (Lipinski definition) is 4. The van der Waals surface area contributed by atoms with Crippen molar-refractivity contribution in [1.82, 2.24) is 0 Å². The lowest BCUT2D eigenvalue weighted by molar-refractivity contribution is -0.0991. The Morgan fingerprint density at radius 1 is 1.20 bits per heavy atom. The Bertz CT molecular complexity index is 131. The zero-order valence-electron chi connectivity index (χ0n) is 4.48. The lowest BCUT2D eigenvalue weighted by Gasteiger charge is -2.03. The fourth-order valence-electron chi connectivity index (χ4n) is 0.183. The quantitative estimate of drug-likeness (QED) is 0.484. The van der Waals surface area contributed by atoms with Crippen LogP contribution in [0, 0.1) is 0 Å². The molecule has 2 atom stereocenters. The normalized spacial score (nSPS) is 19.9. The van der Waals surface area contributed by atoms with Crippen LogP contribution in [0.5, 0.6) is 0 Å². The van der Waals surface area contributed by atoms with Gasteiger partial charge in [-0.25, -0.2) is 0 Å². The summed E-state index contributed by atoms with van der Waals surface area (Å²) in [6.45, 7) is -2.62. The van der Waals surface area contributed by atoms with Gasteiger partial charge in [0.05, 0.1) is 0 Å². The molecule has 9 heteroatoms. The summed E-state index contributed by atoms with van der Waals surface area (Å²) in [4.78, 5) is 15.7. The van der Waals surface area contributed by atoms with Crippen LogP contribution in [-0.2, 0) is 18.2 Å². The average Bonchev–Trinajstić information content (AvgIpc) is 1.58. The highest BCUT2D eigenvalue weighted by atomic mass is 31.1. The van der Waals surface area contributed by atoms with E-state index in [0.717, 1.165) is 0 Å². The van der Waals surface area contributed by atoms with Gasteiger partial charge in [0.2, 0.25) is 0 Å². The van der Waals surface area contributed by atoms with Crippen molar-refractivity contribution < 1.29 is 32.4 Å². The second-order valence-electron chi connectivity index (χ2n) is 1.04. The molecule has 0 aromatic heterocycles. The van der Waals surface area contributed by atoms with Crippen LogP contribution in [0.25, 0.3) is 0 Å². The van der Waals surface area contributed by atoms with Crippen LogP contribution in [-0.4, -0.2) is 16.3 Å². The molecule has 0 saturated carbocycles. The van der Waals surface area contributed by atoms with E-state index < -0.39 is 23.1 Å². The topological polar surface area (TPSA) is 93.1 Å². The molecule has 0 rings (SSSR count). The summed E-state index contributed by atoms with van der Waals surface area (Å²) in [5, 5.41) is 0. The van der Waals surface area contributed by atoms with E-state index in [0.29, 0.717) is 0 Å². The first kappa shape index (κ1) is 10.2.